The molecule has 1 N–H and O–H groups in total. The topological polar surface area (TPSA) is 55.1 Å². The molecule has 98 valence electrons. The summed E-state index contributed by atoms with van der Waals surface area (Å²) < 4.78 is 2.62. The summed E-state index contributed by atoms with van der Waals surface area (Å²) in [5.41, 5.74) is 1.15. The summed E-state index contributed by atoms with van der Waals surface area (Å²) in [6, 6.07) is 6.26. The van der Waals surface area contributed by atoms with Gasteiger partial charge in [-0.3, -0.25) is 9.48 Å². The molecule has 2 aromatic rings. The van der Waals surface area contributed by atoms with Crippen molar-refractivity contribution in [3.63, 3.8) is 0 Å². The van der Waals surface area contributed by atoms with Gasteiger partial charge in [0.15, 0.2) is 5.78 Å². The minimum absolute atomic E-state index is 0.0793. The molecule has 5 heteroatoms. The zero-order chi connectivity index (χ0) is 13.8. The van der Waals surface area contributed by atoms with E-state index in [1.807, 2.05) is 13.1 Å². The summed E-state index contributed by atoms with van der Waals surface area (Å²) in [5.74, 6) is -0.0930. The Morgan fingerprint density at radius 2 is 2.32 bits per heavy atom. The third-order valence-corrected chi connectivity index (χ3v) is 3.20. The highest BCUT2D eigenvalue weighted by atomic mass is 79.9. The number of rotatable bonds is 4. The molecular formula is C14H13BrN2O2. The number of aromatic hydroxyl groups is 1. The summed E-state index contributed by atoms with van der Waals surface area (Å²) >= 11 is 3.39. The first-order chi connectivity index (χ1) is 9.10. The van der Waals surface area contributed by atoms with Crippen molar-refractivity contribution in [2.75, 3.05) is 0 Å². The Bertz CT molecular complexity index is 632. The van der Waals surface area contributed by atoms with Crippen molar-refractivity contribution < 1.29 is 9.90 Å². The third kappa shape index (κ3) is 3.32. The van der Waals surface area contributed by atoms with Crippen molar-refractivity contribution in [3.8, 4) is 5.75 Å². The second-order valence-electron chi connectivity index (χ2n) is 3.97. The van der Waals surface area contributed by atoms with Crippen LogP contribution in [0.1, 0.15) is 23.0 Å². The summed E-state index contributed by atoms with van der Waals surface area (Å²) in [6.45, 7) is 2.76. The number of allylic oxidation sites excluding steroid dienone is 1. The quantitative estimate of drug-likeness (QED) is 0.694. The van der Waals surface area contributed by atoms with Gasteiger partial charge in [0.05, 0.1) is 10.2 Å². The molecule has 1 heterocycles. The largest absolute Gasteiger partial charge is 0.508 e. The Balaban J connectivity index is 2.18. The van der Waals surface area contributed by atoms with Gasteiger partial charge in [0.2, 0.25) is 0 Å². The van der Waals surface area contributed by atoms with Crippen LogP contribution in [0.5, 0.6) is 5.75 Å². The molecule has 0 saturated heterocycles. The molecule has 0 spiro atoms. The van der Waals surface area contributed by atoms with E-state index in [0.29, 0.717) is 11.3 Å². The van der Waals surface area contributed by atoms with Crippen molar-refractivity contribution in [3.05, 3.63) is 52.3 Å². The van der Waals surface area contributed by atoms with Crippen LogP contribution in [-0.2, 0) is 6.54 Å². The molecule has 0 aliphatic heterocycles. The van der Waals surface area contributed by atoms with Crippen LogP contribution in [0, 0.1) is 0 Å². The minimum Gasteiger partial charge on any atom is -0.508 e. The van der Waals surface area contributed by atoms with Crippen LogP contribution >= 0.6 is 15.9 Å². The van der Waals surface area contributed by atoms with Gasteiger partial charge in [-0.1, -0.05) is 12.1 Å². The number of halogens is 1. The van der Waals surface area contributed by atoms with Gasteiger partial charge in [0.25, 0.3) is 0 Å². The Labute approximate surface area is 119 Å². The molecular weight excluding hydrogens is 308 g/mol. The fourth-order valence-electron chi connectivity index (χ4n) is 1.60. The van der Waals surface area contributed by atoms with Crippen molar-refractivity contribution >= 4 is 27.8 Å². The number of hydrogen-bond acceptors (Lipinski definition) is 3. The normalized spacial score (nSPS) is 11.1. The number of carbonyl (C=O) groups is 1. The van der Waals surface area contributed by atoms with Crippen LogP contribution < -0.4 is 0 Å². The van der Waals surface area contributed by atoms with E-state index in [4.69, 9.17) is 0 Å². The Morgan fingerprint density at radius 1 is 1.53 bits per heavy atom. The van der Waals surface area contributed by atoms with Crippen molar-refractivity contribution in [1.29, 1.82) is 0 Å². The zero-order valence-corrected chi connectivity index (χ0v) is 12.0. The monoisotopic (exact) mass is 320 g/mol. The molecule has 0 radical (unpaired) electrons. The van der Waals surface area contributed by atoms with Crippen LogP contribution in [0.15, 0.2) is 41.0 Å². The molecule has 0 aliphatic rings. The molecule has 1 aromatic carbocycles. The zero-order valence-electron chi connectivity index (χ0n) is 10.4. The maximum atomic E-state index is 11.9. The van der Waals surface area contributed by atoms with Gasteiger partial charge in [0.1, 0.15) is 5.75 Å². The summed E-state index contributed by atoms with van der Waals surface area (Å²) in [5, 5.41) is 13.6. The number of aromatic nitrogens is 2. The number of hydrogen-bond donors (Lipinski definition) is 1. The Kier molecular flexibility index (Phi) is 4.16. The van der Waals surface area contributed by atoms with Gasteiger partial charge < -0.3 is 5.11 Å². The molecule has 0 amide bonds. The molecule has 1 aromatic heterocycles. The van der Waals surface area contributed by atoms with Gasteiger partial charge >= 0.3 is 0 Å². The lowest BCUT2D eigenvalue weighted by Crippen LogP contribution is -1.95. The average molecular weight is 321 g/mol. The highest BCUT2D eigenvalue weighted by Crippen LogP contribution is 2.17. The second-order valence-corrected chi connectivity index (χ2v) is 4.82. The molecule has 4 nitrogen and oxygen atoms in total. The van der Waals surface area contributed by atoms with E-state index in [0.717, 1.165) is 11.0 Å². The highest BCUT2D eigenvalue weighted by Gasteiger charge is 2.05. The van der Waals surface area contributed by atoms with Crippen molar-refractivity contribution in [2.24, 2.45) is 0 Å². The first kappa shape index (κ1) is 13.5. The predicted octanol–water partition coefficient (Wildman–Crippen LogP) is 3.27. The van der Waals surface area contributed by atoms with E-state index in [-0.39, 0.29) is 11.5 Å². The van der Waals surface area contributed by atoms with Crippen LogP contribution in [0.4, 0.5) is 0 Å². The average Bonchev–Trinajstić information content (AvgIpc) is 2.76. The van der Waals surface area contributed by atoms with E-state index < -0.39 is 0 Å². The first-order valence-electron chi connectivity index (χ1n) is 5.84. The lowest BCUT2D eigenvalue weighted by molar-refractivity contribution is 0.104. The lowest BCUT2D eigenvalue weighted by atomic mass is 10.1. The van der Waals surface area contributed by atoms with Gasteiger partial charge in [0, 0.05) is 18.3 Å². The number of carbonyl (C=O) groups excluding carboxylic acids is 1. The van der Waals surface area contributed by atoms with E-state index in [1.54, 1.807) is 22.9 Å². The maximum absolute atomic E-state index is 11.9. The second kappa shape index (κ2) is 5.84. The minimum atomic E-state index is -0.172. The molecule has 19 heavy (non-hydrogen) atoms. The smallest absolute Gasteiger partial charge is 0.186 e. The van der Waals surface area contributed by atoms with E-state index in [2.05, 4.69) is 21.0 Å². The SMILES string of the molecule is CCn1cc(Br)c(/C=C/C(=O)c2cccc(O)c2)n1. The summed E-state index contributed by atoms with van der Waals surface area (Å²) in [4.78, 5) is 11.9. The molecule has 0 bridgehead atoms. The van der Waals surface area contributed by atoms with Gasteiger partial charge in [-0.15, -0.1) is 0 Å². The molecule has 0 fully saturated rings. The van der Waals surface area contributed by atoms with Crippen molar-refractivity contribution in [1.82, 2.24) is 9.78 Å². The molecule has 0 aliphatic carbocycles. The fourth-order valence-corrected chi connectivity index (χ4v) is 2.04. The van der Waals surface area contributed by atoms with Crippen LogP contribution in [-0.4, -0.2) is 20.7 Å². The van der Waals surface area contributed by atoms with Gasteiger partial charge in [-0.2, -0.15) is 5.10 Å². The molecule has 0 saturated carbocycles. The number of nitrogens with zero attached hydrogens (tertiary/aromatic N) is 2. The van der Waals surface area contributed by atoms with Crippen LogP contribution in [0.2, 0.25) is 0 Å². The molecule has 0 unspecified atom stereocenters. The molecule has 2 rings (SSSR count). The standard InChI is InChI=1S/C14H13BrN2O2/c1-2-17-9-12(15)13(16-17)6-7-14(19)10-4-3-5-11(18)8-10/h3-9,18H,2H2,1H3/b7-6+. The summed E-state index contributed by atoms with van der Waals surface area (Å²) in [7, 11) is 0. The predicted molar refractivity (Wildman–Crippen MR) is 77.1 cm³/mol. The molecule has 0 atom stereocenters. The highest BCUT2D eigenvalue weighted by molar-refractivity contribution is 9.10. The fraction of sp³-hybridized carbons (Fsp3) is 0.143. The van der Waals surface area contributed by atoms with E-state index in [1.165, 1.54) is 18.2 Å². The number of phenolic OH excluding ortho intramolecular Hbond substituents is 1. The van der Waals surface area contributed by atoms with Crippen molar-refractivity contribution in [2.45, 2.75) is 13.5 Å². The Hall–Kier alpha value is -1.88. The van der Waals surface area contributed by atoms with Crippen LogP contribution in [0.3, 0.4) is 0 Å². The maximum Gasteiger partial charge on any atom is 0.186 e. The van der Waals surface area contributed by atoms with E-state index in [9.17, 15) is 9.90 Å². The summed E-state index contributed by atoms with van der Waals surface area (Å²) in [6.07, 6.45) is 4.96. The number of phenols is 1. The Morgan fingerprint density at radius 3 is 2.95 bits per heavy atom. The number of aryl methyl sites for hydroxylation is 1. The first-order valence-corrected chi connectivity index (χ1v) is 6.64. The number of benzene rings is 1. The lowest BCUT2D eigenvalue weighted by Gasteiger charge is -1.96. The van der Waals surface area contributed by atoms with Gasteiger partial charge in [-0.25, -0.2) is 0 Å². The van der Waals surface area contributed by atoms with Crippen LogP contribution in [0.25, 0.3) is 6.08 Å². The van der Waals surface area contributed by atoms with E-state index >= 15 is 0 Å². The number of ketones is 1. The third-order valence-electron chi connectivity index (χ3n) is 2.59. The van der Waals surface area contributed by atoms with Gasteiger partial charge in [-0.05, 0) is 47.1 Å².